The van der Waals surface area contributed by atoms with Crippen molar-refractivity contribution in [1.82, 2.24) is 5.32 Å². The van der Waals surface area contributed by atoms with Crippen molar-refractivity contribution in [2.75, 3.05) is 0 Å². The van der Waals surface area contributed by atoms with Gasteiger partial charge >= 0.3 is 5.97 Å². The molecule has 0 heterocycles. The second-order valence-electron chi connectivity index (χ2n) is 5.87. The van der Waals surface area contributed by atoms with E-state index in [4.69, 9.17) is 5.11 Å². The zero-order valence-electron chi connectivity index (χ0n) is 13.8. The summed E-state index contributed by atoms with van der Waals surface area (Å²) in [6.45, 7) is 1.75. The van der Waals surface area contributed by atoms with Gasteiger partial charge in [-0.1, -0.05) is 67.6 Å². The lowest BCUT2D eigenvalue weighted by atomic mass is 9.89. The van der Waals surface area contributed by atoms with E-state index < -0.39 is 12.0 Å². The van der Waals surface area contributed by atoms with Gasteiger partial charge in [-0.05, 0) is 29.9 Å². The van der Waals surface area contributed by atoms with Crippen LogP contribution in [0.3, 0.4) is 0 Å². The maximum absolute atomic E-state index is 12.3. The van der Waals surface area contributed by atoms with Crippen molar-refractivity contribution in [3.8, 4) is 0 Å². The van der Waals surface area contributed by atoms with E-state index in [1.54, 1.807) is 6.92 Å². The number of carbonyl (C=O) groups is 2. The van der Waals surface area contributed by atoms with Crippen LogP contribution < -0.4 is 5.32 Å². The smallest absolute Gasteiger partial charge is 0.326 e. The molecule has 0 fully saturated rings. The minimum atomic E-state index is -0.995. The Hall–Kier alpha value is -2.62. The number of benzene rings is 2. The minimum absolute atomic E-state index is 0.0138. The number of aliphatic carboxylic acids is 1. The molecule has 2 aromatic rings. The average molecular weight is 325 g/mol. The van der Waals surface area contributed by atoms with Gasteiger partial charge in [0.2, 0.25) is 5.91 Å². The Morgan fingerprint density at radius 1 is 1.00 bits per heavy atom. The molecule has 0 aliphatic rings. The highest BCUT2D eigenvalue weighted by Gasteiger charge is 2.21. The van der Waals surface area contributed by atoms with Crippen molar-refractivity contribution in [2.45, 2.75) is 38.1 Å². The summed E-state index contributed by atoms with van der Waals surface area (Å²) in [5.41, 5.74) is 2.24. The van der Waals surface area contributed by atoms with Crippen molar-refractivity contribution >= 4 is 11.9 Å². The fourth-order valence-electron chi connectivity index (χ4n) is 2.75. The molecule has 2 N–H and O–H groups in total. The Bertz CT molecular complexity index is 655. The van der Waals surface area contributed by atoms with Crippen LogP contribution in [0.5, 0.6) is 0 Å². The summed E-state index contributed by atoms with van der Waals surface area (Å²) in [5.74, 6) is -1.21. The van der Waals surface area contributed by atoms with Crippen LogP contribution in [0.1, 0.15) is 36.8 Å². The molecule has 0 radical (unpaired) electrons. The number of hydrogen-bond acceptors (Lipinski definition) is 2. The lowest BCUT2D eigenvalue weighted by molar-refractivity contribution is -0.141. The SMILES string of the molecule is CCC(NC(=O)CC(Cc1ccccc1)c1ccccc1)C(=O)O. The second kappa shape index (κ2) is 8.87. The summed E-state index contributed by atoms with van der Waals surface area (Å²) >= 11 is 0. The number of rotatable bonds is 8. The van der Waals surface area contributed by atoms with E-state index in [0.717, 1.165) is 17.5 Å². The summed E-state index contributed by atoms with van der Waals surface area (Å²) in [5, 5.41) is 11.7. The highest BCUT2D eigenvalue weighted by Crippen LogP contribution is 2.24. The van der Waals surface area contributed by atoms with Gasteiger partial charge in [0, 0.05) is 6.42 Å². The summed E-state index contributed by atoms with van der Waals surface area (Å²) in [6.07, 6.45) is 1.38. The number of nitrogens with one attached hydrogen (secondary N) is 1. The van der Waals surface area contributed by atoms with Crippen LogP contribution in [-0.4, -0.2) is 23.0 Å². The van der Waals surface area contributed by atoms with Gasteiger partial charge in [-0.3, -0.25) is 4.79 Å². The van der Waals surface area contributed by atoms with E-state index in [1.165, 1.54) is 0 Å². The van der Waals surface area contributed by atoms with Gasteiger partial charge in [0.1, 0.15) is 6.04 Å². The molecule has 0 aromatic heterocycles. The van der Waals surface area contributed by atoms with Crippen molar-refractivity contribution in [3.05, 3.63) is 71.8 Å². The Labute approximate surface area is 142 Å². The molecule has 2 rings (SSSR count). The molecule has 2 aromatic carbocycles. The molecular weight excluding hydrogens is 302 g/mol. The fraction of sp³-hybridized carbons (Fsp3) is 0.300. The molecular formula is C20H23NO3. The predicted octanol–water partition coefficient (Wildman–Crippen LogP) is 3.38. The summed E-state index contributed by atoms with van der Waals surface area (Å²) < 4.78 is 0. The van der Waals surface area contributed by atoms with E-state index in [-0.39, 0.29) is 18.2 Å². The first kappa shape index (κ1) is 17.7. The third-order valence-corrected chi connectivity index (χ3v) is 4.07. The van der Waals surface area contributed by atoms with Gasteiger partial charge in [0.05, 0.1) is 0 Å². The van der Waals surface area contributed by atoms with Crippen LogP contribution in [-0.2, 0) is 16.0 Å². The molecule has 0 saturated carbocycles. The molecule has 4 heteroatoms. The van der Waals surface area contributed by atoms with Gasteiger partial charge < -0.3 is 10.4 Å². The first-order chi connectivity index (χ1) is 11.6. The molecule has 0 saturated heterocycles. The van der Waals surface area contributed by atoms with Crippen molar-refractivity contribution in [3.63, 3.8) is 0 Å². The van der Waals surface area contributed by atoms with Gasteiger partial charge in [0.25, 0.3) is 0 Å². The lowest BCUT2D eigenvalue weighted by Gasteiger charge is -2.19. The van der Waals surface area contributed by atoms with Crippen LogP contribution in [0.25, 0.3) is 0 Å². The Kier molecular flexibility index (Phi) is 6.55. The maximum Gasteiger partial charge on any atom is 0.326 e. The Balaban J connectivity index is 2.11. The Morgan fingerprint density at radius 3 is 2.12 bits per heavy atom. The highest BCUT2D eigenvalue weighted by molar-refractivity contribution is 5.83. The van der Waals surface area contributed by atoms with E-state index in [2.05, 4.69) is 5.32 Å². The van der Waals surface area contributed by atoms with Crippen molar-refractivity contribution in [1.29, 1.82) is 0 Å². The van der Waals surface area contributed by atoms with E-state index >= 15 is 0 Å². The van der Waals surface area contributed by atoms with Crippen LogP contribution >= 0.6 is 0 Å². The summed E-state index contributed by atoms with van der Waals surface area (Å²) in [4.78, 5) is 23.4. The van der Waals surface area contributed by atoms with Crippen LogP contribution in [0, 0.1) is 0 Å². The number of carboxylic acid groups (broad SMARTS) is 1. The molecule has 0 aliphatic carbocycles. The Morgan fingerprint density at radius 2 is 1.58 bits per heavy atom. The van der Waals surface area contributed by atoms with Crippen LogP contribution in [0.2, 0.25) is 0 Å². The second-order valence-corrected chi connectivity index (χ2v) is 5.87. The number of hydrogen-bond donors (Lipinski definition) is 2. The number of carbonyl (C=O) groups excluding carboxylic acids is 1. The first-order valence-electron chi connectivity index (χ1n) is 8.21. The highest BCUT2D eigenvalue weighted by atomic mass is 16.4. The zero-order chi connectivity index (χ0) is 17.4. The standard InChI is InChI=1S/C20H23NO3/c1-2-18(20(23)24)21-19(22)14-17(16-11-7-4-8-12-16)13-15-9-5-3-6-10-15/h3-12,17-18H,2,13-14H2,1H3,(H,21,22)(H,23,24). The summed E-state index contributed by atoms with van der Waals surface area (Å²) in [7, 11) is 0. The molecule has 2 unspecified atom stereocenters. The largest absolute Gasteiger partial charge is 0.480 e. The van der Waals surface area contributed by atoms with Crippen LogP contribution in [0.4, 0.5) is 0 Å². The molecule has 0 spiro atoms. The molecule has 0 bridgehead atoms. The van der Waals surface area contributed by atoms with E-state index in [1.807, 2.05) is 60.7 Å². The third kappa shape index (κ3) is 5.23. The minimum Gasteiger partial charge on any atom is -0.480 e. The monoisotopic (exact) mass is 325 g/mol. The van der Waals surface area contributed by atoms with Gasteiger partial charge in [0.15, 0.2) is 0 Å². The van der Waals surface area contributed by atoms with Gasteiger partial charge in [-0.25, -0.2) is 4.79 Å². The normalized spacial score (nSPS) is 13.0. The van der Waals surface area contributed by atoms with Crippen LogP contribution in [0.15, 0.2) is 60.7 Å². The van der Waals surface area contributed by atoms with Crippen molar-refractivity contribution in [2.24, 2.45) is 0 Å². The molecule has 24 heavy (non-hydrogen) atoms. The average Bonchev–Trinajstić information content (AvgIpc) is 2.60. The molecule has 0 aliphatic heterocycles. The molecule has 126 valence electrons. The fourth-order valence-corrected chi connectivity index (χ4v) is 2.75. The predicted molar refractivity (Wildman–Crippen MR) is 93.8 cm³/mol. The van der Waals surface area contributed by atoms with E-state index in [9.17, 15) is 9.59 Å². The molecule has 4 nitrogen and oxygen atoms in total. The van der Waals surface area contributed by atoms with E-state index in [0.29, 0.717) is 6.42 Å². The topological polar surface area (TPSA) is 66.4 Å². The van der Waals surface area contributed by atoms with Gasteiger partial charge in [-0.2, -0.15) is 0 Å². The van der Waals surface area contributed by atoms with Crippen molar-refractivity contribution < 1.29 is 14.7 Å². The summed E-state index contributed by atoms with van der Waals surface area (Å²) in [6, 6.07) is 19.1. The number of carboxylic acids is 1. The maximum atomic E-state index is 12.3. The quantitative estimate of drug-likeness (QED) is 0.782. The lowest BCUT2D eigenvalue weighted by Crippen LogP contribution is -2.40. The first-order valence-corrected chi connectivity index (χ1v) is 8.21. The molecule has 1 amide bonds. The molecule has 2 atom stereocenters. The zero-order valence-corrected chi connectivity index (χ0v) is 13.8. The number of amides is 1. The third-order valence-electron chi connectivity index (χ3n) is 4.07. The van der Waals surface area contributed by atoms with Gasteiger partial charge in [-0.15, -0.1) is 0 Å².